The number of anilines is 1. The number of carbonyl (C=O) groups excluding carboxylic acids is 1. The van der Waals surface area contributed by atoms with Gasteiger partial charge in [0.15, 0.2) is 0 Å². The molecule has 0 bridgehead atoms. The summed E-state index contributed by atoms with van der Waals surface area (Å²) in [5.74, 6) is 5.21. The lowest BCUT2D eigenvalue weighted by Crippen LogP contribution is -2.14. The zero-order valence-electron chi connectivity index (χ0n) is 14.1. The summed E-state index contributed by atoms with van der Waals surface area (Å²) in [4.78, 5) is 11.0. The molecule has 142 valence electrons. The van der Waals surface area contributed by atoms with Crippen LogP contribution >= 0.6 is 34.8 Å². The standard InChI is InChI=1S/C18H14Cl3NO4S/c1-26-17(23)8-3-2-5-12-11-13(19)9-10-15(12)22-27(24,25)16-7-4-6-14(20)18(16)21/h4,6-7,9-11,22H,3,8H2,1H3. The predicted molar refractivity (Wildman–Crippen MR) is 107 cm³/mol. The Balaban J connectivity index is 2.32. The van der Waals surface area contributed by atoms with Crippen LogP contribution < -0.4 is 4.72 Å². The molecule has 2 aromatic carbocycles. The Kier molecular flexibility index (Phi) is 7.40. The van der Waals surface area contributed by atoms with E-state index < -0.39 is 10.0 Å². The van der Waals surface area contributed by atoms with E-state index in [1.807, 2.05) is 0 Å². The van der Waals surface area contributed by atoms with Crippen molar-refractivity contribution in [1.29, 1.82) is 0 Å². The van der Waals surface area contributed by atoms with Crippen LogP contribution in [0.1, 0.15) is 18.4 Å². The first-order valence-corrected chi connectivity index (χ1v) is 10.2. The molecule has 0 aromatic heterocycles. The second-order valence-electron chi connectivity index (χ2n) is 5.23. The highest BCUT2D eigenvalue weighted by Gasteiger charge is 2.20. The normalized spacial score (nSPS) is 10.7. The maximum Gasteiger partial charge on any atom is 0.306 e. The Morgan fingerprint density at radius 3 is 2.63 bits per heavy atom. The highest BCUT2D eigenvalue weighted by Crippen LogP contribution is 2.31. The molecule has 0 atom stereocenters. The van der Waals surface area contributed by atoms with Gasteiger partial charge in [-0.25, -0.2) is 8.42 Å². The van der Waals surface area contributed by atoms with Gasteiger partial charge in [-0.05, 0) is 30.3 Å². The molecule has 0 spiro atoms. The number of hydrogen-bond donors (Lipinski definition) is 1. The molecule has 0 fully saturated rings. The lowest BCUT2D eigenvalue weighted by atomic mass is 10.2. The second kappa shape index (κ2) is 9.34. The molecule has 2 aromatic rings. The number of ether oxygens (including phenoxy) is 1. The van der Waals surface area contributed by atoms with Crippen LogP contribution in [-0.4, -0.2) is 21.5 Å². The minimum Gasteiger partial charge on any atom is -0.469 e. The Morgan fingerprint density at radius 2 is 1.93 bits per heavy atom. The van der Waals surface area contributed by atoms with E-state index in [9.17, 15) is 13.2 Å². The summed E-state index contributed by atoms with van der Waals surface area (Å²) in [6, 6.07) is 8.85. The summed E-state index contributed by atoms with van der Waals surface area (Å²) in [6.45, 7) is 0. The number of hydrogen-bond acceptors (Lipinski definition) is 4. The van der Waals surface area contributed by atoms with Crippen LogP contribution in [0.4, 0.5) is 5.69 Å². The molecule has 5 nitrogen and oxygen atoms in total. The van der Waals surface area contributed by atoms with Gasteiger partial charge in [-0.15, -0.1) is 0 Å². The predicted octanol–water partition coefficient (Wildman–Crippen LogP) is 4.75. The van der Waals surface area contributed by atoms with E-state index in [0.717, 1.165) is 0 Å². The molecule has 9 heteroatoms. The Morgan fingerprint density at radius 1 is 1.19 bits per heavy atom. The highest BCUT2D eigenvalue weighted by molar-refractivity contribution is 7.92. The molecular weight excluding hydrogens is 433 g/mol. The van der Waals surface area contributed by atoms with Crippen molar-refractivity contribution in [3.8, 4) is 11.8 Å². The van der Waals surface area contributed by atoms with E-state index in [1.54, 1.807) is 0 Å². The molecule has 0 saturated carbocycles. The van der Waals surface area contributed by atoms with Gasteiger partial charge in [-0.3, -0.25) is 9.52 Å². The molecule has 0 aliphatic heterocycles. The smallest absolute Gasteiger partial charge is 0.306 e. The van der Waals surface area contributed by atoms with Crippen LogP contribution in [0.15, 0.2) is 41.3 Å². The van der Waals surface area contributed by atoms with E-state index in [0.29, 0.717) is 10.6 Å². The van der Waals surface area contributed by atoms with Crippen LogP contribution in [-0.2, 0) is 19.6 Å². The minimum atomic E-state index is -4.00. The number of nitrogens with one attached hydrogen (secondary N) is 1. The van der Waals surface area contributed by atoms with Gasteiger partial charge in [-0.2, -0.15) is 0 Å². The maximum atomic E-state index is 12.7. The molecule has 27 heavy (non-hydrogen) atoms. The van der Waals surface area contributed by atoms with Crippen molar-refractivity contribution in [3.05, 3.63) is 57.0 Å². The third kappa shape index (κ3) is 5.78. The zero-order chi connectivity index (χ0) is 20.0. The SMILES string of the molecule is COC(=O)CCC#Cc1cc(Cl)ccc1NS(=O)(=O)c1cccc(Cl)c1Cl. The molecular formula is C18H14Cl3NO4S. The number of sulfonamides is 1. The topological polar surface area (TPSA) is 72.5 Å². The molecule has 0 aliphatic rings. The molecule has 0 radical (unpaired) electrons. The van der Waals surface area contributed by atoms with Gasteiger partial charge in [-0.1, -0.05) is 52.7 Å². The number of esters is 1. The van der Waals surface area contributed by atoms with Gasteiger partial charge < -0.3 is 4.74 Å². The molecule has 2 rings (SSSR count). The first kappa shape index (κ1) is 21.4. The van der Waals surface area contributed by atoms with Crippen LogP contribution in [0.3, 0.4) is 0 Å². The van der Waals surface area contributed by atoms with Crippen LogP contribution in [0.2, 0.25) is 15.1 Å². The molecule has 0 amide bonds. The van der Waals surface area contributed by atoms with Crippen molar-refractivity contribution in [2.45, 2.75) is 17.7 Å². The van der Waals surface area contributed by atoms with E-state index in [2.05, 4.69) is 21.3 Å². The number of benzene rings is 2. The van der Waals surface area contributed by atoms with Gasteiger partial charge in [0.1, 0.15) is 4.90 Å². The van der Waals surface area contributed by atoms with Crippen LogP contribution in [0, 0.1) is 11.8 Å². The van der Waals surface area contributed by atoms with Gasteiger partial charge in [0.25, 0.3) is 10.0 Å². The van der Waals surface area contributed by atoms with Crippen molar-refractivity contribution >= 4 is 56.5 Å². The summed E-state index contributed by atoms with van der Waals surface area (Å²) in [5.41, 5.74) is 0.579. The first-order chi connectivity index (χ1) is 12.7. The number of carbonyl (C=O) groups is 1. The Labute approximate surface area is 172 Å². The maximum absolute atomic E-state index is 12.7. The Hall–Kier alpha value is -1.91. The van der Waals surface area contributed by atoms with Gasteiger partial charge in [0, 0.05) is 11.4 Å². The van der Waals surface area contributed by atoms with E-state index in [1.165, 1.54) is 43.5 Å². The minimum absolute atomic E-state index is 0.0775. The number of methoxy groups -OCH3 is 1. The fraction of sp³-hybridized carbons (Fsp3) is 0.167. The number of halogens is 3. The third-order valence-electron chi connectivity index (χ3n) is 3.34. The van der Waals surface area contributed by atoms with Gasteiger partial charge >= 0.3 is 5.97 Å². The molecule has 0 saturated heterocycles. The van der Waals surface area contributed by atoms with Gasteiger partial charge in [0.05, 0.1) is 34.8 Å². The molecule has 0 heterocycles. The van der Waals surface area contributed by atoms with Crippen molar-refractivity contribution < 1.29 is 17.9 Å². The monoisotopic (exact) mass is 445 g/mol. The van der Waals surface area contributed by atoms with E-state index in [-0.39, 0.29) is 39.4 Å². The first-order valence-electron chi connectivity index (χ1n) is 7.56. The average Bonchev–Trinajstić information content (AvgIpc) is 2.62. The fourth-order valence-corrected chi connectivity index (χ4v) is 4.04. The summed E-state index contributed by atoms with van der Waals surface area (Å²) in [7, 11) is -2.71. The summed E-state index contributed by atoms with van der Waals surface area (Å²) >= 11 is 17.9. The van der Waals surface area contributed by atoms with Crippen molar-refractivity contribution in [1.82, 2.24) is 0 Å². The van der Waals surface area contributed by atoms with E-state index >= 15 is 0 Å². The van der Waals surface area contributed by atoms with Crippen molar-refractivity contribution in [2.75, 3.05) is 11.8 Å². The lowest BCUT2D eigenvalue weighted by molar-refractivity contribution is -0.140. The second-order valence-corrected chi connectivity index (χ2v) is 8.10. The largest absolute Gasteiger partial charge is 0.469 e. The molecule has 0 aliphatic carbocycles. The van der Waals surface area contributed by atoms with Crippen molar-refractivity contribution in [2.24, 2.45) is 0 Å². The third-order valence-corrected chi connectivity index (χ3v) is 5.91. The fourth-order valence-electron chi connectivity index (χ4n) is 2.02. The summed E-state index contributed by atoms with van der Waals surface area (Å²) in [6.07, 6.45) is 0.384. The average molecular weight is 447 g/mol. The quantitative estimate of drug-likeness (QED) is 0.531. The summed E-state index contributed by atoms with van der Waals surface area (Å²) < 4.78 is 32.3. The molecule has 0 unspecified atom stereocenters. The lowest BCUT2D eigenvalue weighted by Gasteiger charge is -2.12. The Bertz CT molecular complexity index is 1030. The van der Waals surface area contributed by atoms with Crippen LogP contribution in [0.25, 0.3) is 0 Å². The summed E-state index contributed by atoms with van der Waals surface area (Å²) in [5, 5.41) is 0.431. The van der Waals surface area contributed by atoms with Crippen molar-refractivity contribution in [3.63, 3.8) is 0 Å². The highest BCUT2D eigenvalue weighted by atomic mass is 35.5. The zero-order valence-corrected chi connectivity index (χ0v) is 17.1. The van der Waals surface area contributed by atoms with E-state index in [4.69, 9.17) is 34.8 Å². The van der Waals surface area contributed by atoms with Crippen LogP contribution in [0.5, 0.6) is 0 Å². The number of rotatable bonds is 5. The molecule has 1 N–H and O–H groups in total. The van der Waals surface area contributed by atoms with Gasteiger partial charge in [0.2, 0.25) is 0 Å².